The maximum atomic E-state index is 10.1. The minimum Gasteiger partial charge on any atom is -0.394 e. The summed E-state index contributed by atoms with van der Waals surface area (Å²) < 4.78 is 0. The van der Waals surface area contributed by atoms with Crippen LogP contribution in [0.4, 0.5) is 0 Å². The molecule has 0 unspecified atom stereocenters. The van der Waals surface area contributed by atoms with E-state index in [1.807, 2.05) is 0 Å². The molecule has 0 fully saturated rings. The Morgan fingerprint density at radius 3 is 1.12 bits per heavy atom. The first-order valence-electron chi connectivity index (χ1n) is 6.43. The van der Waals surface area contributed by atoms with Crippen LogP contribution in [0.1, 0.15) is 0 Å². The van der Waals surface area contributed by atoms with E-state index in [1.54, 1.807) is 0 Å². The van der Waals surface area contributed by atoms with Gasteiger partial charge in [-0.15, -0.1) is 0 Å². The summed E-state index contributed by atoms with van der Waals surface area (Å²) in [6.45, 7) is -2.54. The smallest absolute Gasteiger partial charge is 0.188 e. The van der Waals surface area contributed by atoms with Crippen molar-refractivity contribution in [3.63, 3.8) is 0 Å². The zero-order valence-corrected chi connectivity index (χ0v) is 12.6. The van der Waals surface area contributed by atoms with Gasteiger partial charge in [-0.3, -0.25) is 4.79 Å². The Morgan fingerprint density at radius 2 is 1.04 bits per heavy atom. The minimum absolute atomic E-state index is 0.168. The summed E-state index contributed by atoms with van der Waals surface area (Å²) in [5.41, 5.74) is 0. The Labute approximate surface area is 136 Å². The zero-order chi connectivity index (χ0) is 19.7. The highest BCUT2D eigenvalue weighted by Crippen LogP contribution is 1.86. The van der Waals surface area contributed by atoms with Crippen LogP contribution in [0.5, 0.6) is 0 Å². The van der Waals surface area contributed by atoms with Crippen molar-refractivity contribution in [3.05, 3.63) is 0 Å². The molecule has 0 bridgehead atoms. The van der Waals surface area contributed by atoms with Crippen LogP contribution in [0.15, 0.2) is 0 Å². The highest BCUT2D eigenvalue weighted by Gasteiger charge is 2.13. The lowest BCUT2D eigenvalue weighted by atomic mass is 10.2. The van der Waals surface area contributed by atoms with Gasteiger partial charge in [-0.2, -0.15) is 0 Å². The molecule has 0 heterocycles. The third kappa shape index (κ3) is 15.5. The predicted molar refractivity (Wildman–Crippen MR) is 75.5 cm³/mol. The highest BCUT2D eigenvalue weighted by atomic mass is 16.4. The van der Waals surface area contributed by atoms with Crippen LogP contribution >= 0.6 is 0 Å². The molecular formula is C12H24O12. The molecule has 0 aliphatic carbocycles. The van der Waals surface area contributed by atoms with Gasteiger partial charge >= 0.3 is 0 Å². The second kappa shape index (κ2) is 18.0. The van der Waals surface area contributed by atoms with Crippen LogP contribution in [-0.2, 0) is 14.4 Å². The monoisotopic (exact) mass is 360 g/mol. The number of aliphatic hydroxyl groups is 9. The number of carbonyl (C=O) groups is 3. The molecule has 0 amide bonds. The summed E-state index contributed by atoms with van der Waals surface area (Å²) in [6.07, 6.45) is -6.68. The average molecular weight is 360 g/mol. The second-order valence-electron chi connectivity index (χ2n) is 4.08. The molecule has 0 aromatic heterocycles. The van der Waals surface area contributed by atoms with E-state index in [0.717, 1.165) is 0 Å². The van der Waals surface area contributed by atoms with Crippen LogP contribution in [0, 0.1) is 0 Å². The number of aliphatic hydroxyl groups excluding tert-OH is 9. The van der Waals surface area contributed by atoms with E-state index < -0.39 is 62.7 Å². The van der Waals surface area contributed by atoms with Gasteiger partial charge in [0.25, 0.3) is 0 Å². The molecule has 0 aromatic rings. The van der Waals surface area contributed by atoms with Gasteiger partial charge in [0.15, 0.2) is 18.4 Å². The number of Topliss-reactive ketones (excluding diaryl/α,β-unsaturated/α-hetero) is 1. The molecule has 0 aliphatic rings. The highest BCUT2D eigenvalue weighted by molar-refractivity contribution is 5.83. The molecule has 144 valence electrons. The molecule has 0 spiro atoms. The molecular weight excluding hydrogens is 336 g/mol. The van der Waals surface area contributed by atoms with Crippen LogP contribution in [0.3, 0.4) is 0 Å². The number of hydrogen-bond donors (Lipinski definition) is 9. The molecule has 0 saturated heterocycles. The lowest BCUT2D eigenvalue weighted by molar-refractivity contribution is -0.131. The van der Waals surface area contributed by atoms with Gasteiger partial charge in [-0.25, -0.2) is 0 Å². The largest absolute Gasteiger partial charge is 0.394 e. The van der Waals surface area contributed by atoms with Crippen molar-refractivity contribution in [2.24, 2.45) is 0 Å². The van der Waals surface area contributed by atoms with Crippen LogP contribution in [0.2, 0.25) is 0 Å². The van der Waals surface area contributed by atoms with Gasteiger partial charge < -0.3 is 55.5 Å². The Bertz CT molecular complexity index is 303. The lowest BCUT2D eigenvalue weighted by Gasteiger charge is -2.06. The fourth-order valence-corrected chi connectivity index (χ4v) is 0.605. The van der Waals surface area contributed by atoms with Crippen molar-refractivity contribution < 1.29 is 60.3 Å². The Morgan fingerprint density at radius 1 is 0.708 bits per heavy atom. The molecule has 0 radical (unpaired) electrons. The number of hydrogen-bond acceptors (Lipinski definition) is 12. The van der Waals surface area contributed by atoms with E-state index in [4.69, 9.17) is 46.0 Å². The molecule has 12 heteroatoms. The SMILES string of the molecule is O=C(CO)[C@H](O)CO.O=C[C@H](O)[C@H](O)CO.O=C[C@H](O)[C@H](O)CO. The van der Waals surface area contributed by atoms with Gasteiger partial charge in [0, 0.05) is 0 Å². The third-order valence-electron chi connectivity index (χ3n) is 2.14. The van der Waals surface area contributed by atoms with Crippen molar-refractivity contribution in [1.82, 2.24) is 0 Å². The van der Waals surface area contributed by atoms with Gasteiger partial charge in [0.05, 0.1) is 19.8 Å². The summed E-state index contributed by atoms with van der Waals surface area (Å²) in [7, 11) is 0. The third-order valence-corrected chi connectivity index (χ3v) is 2.14. The van der Waals surface area contributed by atoms with Gasteiger partial charge in [-0.05, 0) is 0 Å². The summed E-state index contributed by atoms with van der Waals surface area (Å²) in [6, 6.07) is 0. The van der Waals surface area contributed by atoms with Crippen LogP contribution < -0.4 is 0 Å². The van der Waals surface area contributed by atoms with Crippen molar-refractivity contribution in [2.45, 2.75) is 30.5 Å². The first kappa shape index (κ1) is 27.5. The van der Waals surface area contributed by atoms with Gasteiger partial charge in [0.1, 0.15) is 37.1 Å². The van der Waals surface area contributed by atoms with E-state index in [9.17, 15) is 14.4 Å². The maximum absolute atomic E-state index is 10.1. The number of carbonyl (C=O) groups excluding carboxylic acids is 3. The standard InChI is InChI=1S/3C4H8O4/c3*5-1-3(7)4(8)2-6/h3,5-7H,1-2H2;2*1,3-4,6-8H,2H2/t3-;2*3-,4+/m100/s1. The van der Waals surface area contributed by atoms with Crippen LogP contribution in [0.25, 0.3) is 0 Å². The first-order valence-corrected chi connectivity index (χ1v) is 6.43. The summed E-state index contributed by atoms with van der Waals surface area (Å²) in [4.78, 5) is 29.3. The lowest BCUT2D eigenvalue weighted by Crippen LogP contribution is -2.30. The van der Waals surface area contributed by atoms with Crippen molar-refractivity contribution in [2.75, 3.05) is 26.4 Å². The van der Waals surface area contributed by atoms with E-state index in [0.29, 0.717) is 0 Å². The molecule has 0 rings (SSSR count). The van der Waals surface area contributed by atoms with E-state index in [1.165, 1.54) is 0 Å². The van der Waals surface area contributed by atoms with E-state index in [-0.39, 0.29) is 12.6 Å². The first-order chi connectivity index (χ1) is 11.2. The number of rotatable bonds is 9. The summed E-state index contributed by atoms with van der Waals surface area (Å²) in [5, 5.41) is 74.1. The van der Waals surface area contributed by atoms with Crippen LogP contribution in [-0.4, -0.2) is 121 Å². The van der Waals surface area contributed by atoms with Gasteiger partial charge in [-0.1, -0.05) is 0 Å². The molecule has 0 aromatic carbocycles. The second-order valence-corrected chi connectivity index (χ2v) is 4.08. The normalized spacial score (nSPS) is 16.0. The number of ketones is 1. The molecule has 0 saturated carbocycles. The molecule has 9 N–H and O–H groups in total. The maximum Gasteiger partial charge on any atom is 0.188 e. The summed E-state index contributed by atoms with van der Waals surface area (Å²) in [5.74, 6) is -0.757. The minimum atomic E-state index is -1.46. The Kier molecular flexibility index (Phi) is 20.6. The van der Waals surface area contributed by atoms with E-state index >= 15 is 0 Å². The molecule has 5 atom stereocenters. The van der Waals surface area contributed by atoms with Crippen molar-refractivity contribution in [3.8, 4) is 0 Å². The Balaban J connectivity index is -0.000000276. The van der Waals surface area contributed by atoms with E-state index in [2.05, 4.69) is 0 Å². The fourth-order valence-electron chi connectivity index (χ4n) is 0.605. The topological polar surface area (TPSA) is 233 Å². The summed E-state index contributed by atoms with van der Waals surface area (Å²) >= 11 is 0. The quantitative estimate of drug-likeness (QED) is 0.175. The predicted octanol–water partition coefficient (Wildman–Crippen LogP) is -6.30. The fraction of sp³-hybridized carbons (Fsp3) is 0.750. The molecule has 0 aliphatic heterocycles. The average Bonchev–Trinajstić information content (AvgIpc) is 2.64. The van der Waals surface area contributed by atoms with Gasteiger partial charge in [0.2, 0.25) is 0 Å². The van der Waals surface area contributed by atoms with Crippen molar-refractivity contribution in [1.29, 1.82) is 0 Å². The molecule has 12 nitrogen and oxygen atoms in total. The zero-order valence-electron chi connectivity index (χ0n) is 12.6. The Hall–Kier alpha value is -1.35. The van der Waals surface area contributed by atoms with Crippen molar-refractivity contribution >= 4 is 18.4 Å². The molecule has 24 heavy (non-hydrogen) atoms. The number of aldehydes is 2.